The van der Waals surface area contributed by atoms with Crippen LogP contribution < -0.4 is 10.1 Å². The molecular weight excluding hydrogens is 337 g/mol. The molecule has 0 aromatic heterocycles. The fourth-order valence-electron chi connectivity index (χ4n) is 1.95. The Morgan fingerprint density at radius 2 is 2.00 bits per heavy atom. The van der Waals surface area contributed by atoms with Crippen LogP contribution in [0.25, 0.3) is 0 Å². The van der Waals surface area contributed by atoms with Crippen LogP contribution in [0.15, 0.2) is 47.4 Å². The molecule has 0 unspecified atom stereocenters. The SMILES string of the molecule is COc1ccc(Cl)cc1C(=O)NCCCSc1ccc(F)cc1. The Morgan fingerprint density at radius 3 is 2.70 bits per heavy atom. The number of thioether (sulfide) groups is 1. The van der Waals surface area contributed by atoms with Crippen LogP contribution in [0.2, 0.25) is 5.02 Å². The lowest BCUT2D eigenvalue weighted by atomic mass is 10.2. The molecule has 0 bridgehead atoms. The molecule has 0 heterocycles. The normalized spacial score (nSPS) is 10.4. The highest BCUT2D eigenvalue weighted by molar-refractivity contribution is 7.99. The molecular formula is C17H17ClFNO2S. The van der Waals surface area contributed by atoms with Crippen molar-refractivity contribution < 1.29 is 13.9 Å². The lowest BCUT2D eigenvalue weighted by molar-refractivity contribution is 0.0951. The van der Waals surface area contributed by atoms with E-state index in [0.29, 0.717) is 22.9 Å². The second kappa shape index (κ2) is 8.79. The molecule has 0 aliphatic rings. The minimum Gasteiger partial charge on any atom is -0.496 e. The first-order valence-electron chi connectivity index (χ1n) is 7.10. The fourth-order valence-corrected chi connectivity index (χ4v) is 2.97. The van der Waals surface area contributed by atoms with E-state index in [0.717, 1.165) is 17.1 Å². The van der Waals surface area contributed by atoms with Gasteiger partial charge in [0.2, 0.25) is 0 Å². The van der Waals surface area contributed by atoms with E-state index in [9.17, 15) is 9.18 Å². The number of hydrogen-bond donors (Lipinski definition) is 1. The third kappa shape index (κ3) is 5.44. The van der Waals surface area contributed by atoms with E-state index in [4.69, 9.17) is 16.3 Å². The average molecular weight is 354 g/mol. The molecule has 1 N–H and O–H groups in total. The maximum Gasteiger partial charge on any atom is 0.255 e. The van der Waals surface area contributed by atoms with Crippen LogP contribution in [0, 0.1) is 5.82 Å². The summed E-state index contributed by atoms with van der Waals surface area (Å²) in [5.41, 5.74) is 0.422. The number of ether oxygens (including phenoxy) is 1. The zero-order chi connectivity index (χ0) is 16.7. The van der Waals surface area contributed by atoms with Crippen LogP contribution >= 0.6 is 23.4 Å². The van der Waals surface area contributed by atoms with Crippen molar-refractivity contribution in [2.45, 2.75) is 11.3 Å². The van der Waals surface area contributed by atoms with Gasteiger partial charge in [0.25, 0.3) is 5.91 Å². The Kier molecular flexibility index (Phi) is 6.74. The molecule has 0 aliphatic carbocycles. The molecule has 0 aliphatic heterocycles. The first-order chi connectivity index (χ1) is 11.1. The number of amides is 1. The van der Waals surface area contributed by atoms with Gasteiger partial charge in [-0.05, 0) is 54.6 Å². The molecule has 23 heavy (non-hydrogen) atoms. The van der Waals surface area contributed by atoms with E-state index in [2.05, 4.69) is 5.32 Å². The molecule has 0 saturated heterocycles. The summed E-state index contributed by atoms with van der Waals surface area (Å²) in [7, 11) is 1.51. The molecule has 2 rings (SSSR count). The Morgan fingerprint density at radius 1 is 1.26 bits per heavy atom. The van der Waals surface area contributed by atoms with E-state index in [1.165, 1.54) is 19.2 Å². The third-order valence-electron chi connectivity index (χ3n) is 3.10. The summed E-state index contributed by atoms with van der Waals surface area (Å²) in [5, 5.41) is 3.33. The average Bonchev–Trinajstić information content (AvgIpc) is 2.56. The number of benzene rings is 2. The second-order valence-corrected chi connectivity index (χ2v) is 6.36. The minimum atomic E-state index is -0.239. The summed E-state index contributed by atoms with van der Waals surface area (Å²) in [6.07, 6.45) is 0.802. The van der Waals surface area contributed by atoms with Crippen molar-refractivity contribution in [3.05, 3.63) is 58.9 Å². The largest absolute Gasteiger partial charge is 0.496 e. The number of carbonyl (C=O) groups excluding carboxylic acids is 1. The van der Waals surface area contributed by atoms with Gasteiger partial charge in [0.1, 0.15) is 11.6 Å². The van der Waals surface area contributed by atoms with Crippen LogP contribution in [0.3, 0.4) is 0 Å². The summed E-state index contributed by atoms with van der Waals surface area (Å²) >= 11 is 7.54. The number of halogens is 2. The third-order valence-corrected chi connectivity index (χ3v) is 4.43. The maximum absolute atomic E-state index is 12.8. The summed E-state index contributed by atoms with van der Waals surface area (Å²) < 4.78 is 18.0. The molecule has 122 valence electrons. The Labute approximate surface area is 144 Å². The topological polar surface area (TPSA) is 38.3 Å². The van der Waals surface area contributed by atoms with Crippen LogP contribution in [-0.2, 0) is 0 Å². The lowest BCUT2D eigenvalue weighted by Gasteiger charge is -2.09. The maximum atomic E-state index is 12.8. The van der Waals surface area contributed by atoms with Gasteiger partial charge in [-0.15, -0.1) is 11.8 Å². The van der Waals surface area contributed by atoms with E-state index in [1.807, 2.05) is 0 Å². The van der Waals surface area contributed by atoms with Gasteiger partial charge in [0.05, 0.1) is 12.7 Å². The lowest BCUT2D eigenvalue weighted by Crippen LogP contribution is -2.25. The van der Waals surface area contributed by atoms with Crippen molar-refractivity contribution in [1.29, 1.82) is 0 Å². The fraction of sp³-hybridized carbons (Fsp3) is 0.235. The van der Waals surface area contributed by atoms with Gasteiger partial charge in [0.15, 0.2) is 0 Å². The highest BCUT2D eigenvalue weighted by Crippen LogP contribution is 2.22. The molecule has 0 saturated carbocycles. The second-order valence-electron chi connectivity index (χ2n) is 4.76. The zero-order valence-electron chi connectivity index (χ0n) is 12.6. The van der Waals surface area contributed by atoms with Gasteiger partial charge < -0.3 is 10.1 Å². The van der Waals surface area contributed by atoms with Crippen LogP contribution in [0.4, 0.5) is 4.39 Å². The van der Waals surface area contributed by atoms with Crippen molar-refractivity contribution in [3.8, 4) is 5.75 Å². The first-order valence-corrected chi connectivity index (χ1v) is 8.46. The van der Waals surface area contributed by atoms with E-state index < -0.39 is 0 Å². The van der Waals surface area contributed by atoms with E-state index >= 15 is 0 Å². The molecule has 0 atom stereocenters. The molecule has 2 aromatic rings. The smallest absolute Gasteiger partial charge is 0.255 e. The zero-order valence-corrected chi connectivity index (χ0v) is 14.2. The van der Waals surface area contributed by atoms with Crippen LogP contribution in [-0.4, -0.2) is 25.3 Å². The predicted molar refractivity (Wildman–Crippen MR) is 92.1 cm³/mol. The summed E-state index contributed by atoms with van der Waals surface area (Å²) in [6, 6.07) is 11.3. The van der Waals surface area contributed by atoms with Gasteiger partial charge >= 0.3 is 0 Å². The summed E-state index contributed by atoms with van der Waals surface area (Å²) in [5.74, 6) is 0.874. The minimum absolute atomic E-state index is 0.212. The number of rotatable bonds is 7. The predicted octanol–water partition coefficient (Wildman–Crippen LogP) is 4.40. The van der Waals surface area contributed by atoms with Crippen LogP contribution in [0.5, 0.6) is 5.75 Å². The summed E-state index contributed by atoms with van der Waals surface area (Å²) in [6.45, 7) is 0.544. The van der Waals surface area contributed by atoms with E-state index in [-0.39, 0.29) is 11.7 Å². The molecule has 0 radical (unpaired) electrons. The molecule has 3 nitrogen and oxygen atoms in total. The van der Waals surface area contributed by atoms with E-state index in [1.54, 1.807) is 42.1 Å². The number of methoxy groups -OCH3 is 1. The van der Waals surface area contributed by atoms with Crippen molar-refractivity contribution in [1.82, 2.24) is 5.32 Å². The Bertz CT molecular complexity index is 664. The highest BCUT2D eigenvalue weighted by atomic mass is 35.5. The standard InChI is InChI=1S/C17H17ClFNO2S/c1-22-16-8-3-12(18)11-15(16)17(21)20-9-2-10-23-14-6-4-13(19)5-7-14/h3-8,11H,2,9-10H2,1H3,(H,20,21). The van der Waals surface area contributed by atoms with Gasteiger partial charge in [-0.3, -0.25) is 4.79 Å². The number of nitrogens with one attached hydrogen (secondary N) is 1. The Hall–Kier alpha value is -1.72. The number of hydrogen-bond acceptors (Lipinski definition) is 3. The van der Waals surface area contributed by atoms with Crippen molar-refractivity contribution >= 4 is 29.3 Å². The summed E-state index contributed by atoms with van der Waals surface area (Å²) in [4.78, 5) is 13.2. The molecule has 1 amide bonds. The quantitative estimate of drug-likeness (QED) is 0.592. The molecule has 2 aromatic carbocycles. The van der Waals surface area contributed by atoms with Gasteiger partial charge in [-0.2, -0.15) is 0 Å². The molecule has 0 fully saturated rings. The first kappa shape index (κ1) is 17.6. The molecule has 0 spiro atoms. The van der Waals surface area contributed by atoms with Crippen molar-refractivity contribution in [2.24, 2.45) is 0 Å². The Balaban J connectivity index is 1.77. The monoisotopic (exact) mass is 353 g/mol. The van der Waals surface area contributed by atoms with Crippen LogP contribution in [0.1, 0.15) is 16.8 Å². The highest BCUT2D eigenvalue weighted by Gasteiger charge is 2.12. The molecule has 6 heteroatoms. The van der Waals surface area contributed by atoms with Gasteiger partial charge in [-0.25, -0.2) is 4.39 Å². The van der Waals surface area contributed by atoms with Gasteiger partial charge in [0, 0.05) is 16.5 Å². The van der Waals surface area contributed by atoms with Crippen molar-refractivity contribution in [2.75, 3.05) is 19.4 Å². The number of carbonyl (C=O) groups is 1. The van der Waals surface area contributed by atoms with Crippen molar-refractivity contribution in [3.63, 3.8) is 0 Å². The van der Waals surface area contributed by atoms with Gasteiger partial charge in [-0.1, -0.05) is 11.6 Å².